The van der Waals surface area contributed by atoms with E-state index in [0.29, 0.717) is 31.8 Å². The third-order valence-corrected chi connectivity index (χ3v) is 7.91. The van der Waals surface area contributed by atoms with Crippen LogP contribution in [0, 0.1) is 0 Å². The van der Waals surface area contributed by atoms with E-state index in [1.54, 1.807) is 4.68 Å². The zero-order chi connectivity index (χ0) is 27.5. The van der Waals surface area contributed by atoms with Crippen LogP contribution in [0.15, 0.2) is 53.3 Å². The smallest absolute Gasteiger partial charge is 0.271 e. The molecule has 0 saturated carbocycles. The first kappa shape index (κ1) is 26.6. The maximum atomic E-state index is 14.0. The molecule has 1 N–H and O–H groups in total. The van der Waals surface area contributed by atoms with E-state index in [9.17, 15) is 9.59 Å². The quantitative estimate of drug-likeness (QED) is 0.337. The molecule has 0 bridgehead atoms. The third-order valence-electron chi connectivity index (χ3n) is 7.91. The number of hydrogen-bond acceptors (Lipinski definition) is 5. The predicted molar refractivity (Wildman–Crippen MR) is 151 cm³/mol. The van der Waals surface area contributed by atoms with Crippen molar-refractivity contribution in [1.82, 2.24) is 34.9 Å². The summed E-state index contributed by atoms with van der Waals surface area (Å²) in [6.45, 7) is 9.58. The number of carbonyl (C=O) groups is 1. The summed E-state index contributed by atoms with van der Waals surface area (Å²) in [6.07, 6.45) is 3.86. The molecule has 0 radical (unpaired) electrons. The monoisotopic (exact) mass is 527 g/mol. The number of nitrogens with zero attached hydrogens (tertiary/aromatic N) is 6. The summed E-state index contributed by atoms with van der Waals surface area (Å²) in [4.78, 5) is 29.3. The Balaban J connectivity index is 1.51. The van der Waals surface area contributed by atoms with Gasteiger partial charge in [0.1, 0.15) is 6.04 Å². The molecule has 9 heteroatoms. The number of amides is 1. The molecule has 3 heterocycles. The minimum atomic E-state index is -0.442. The largest absolute Gasteiger partial charge is 0.341 e. The highest BCUT2D eigenvalue weighted by molar-refractivity contribution is 5.81. The van der Waals surface area contributed by atoms with Gasteiger partial charge in [-0.1, -0.05) is 61.9 Å². The average Bonchev–Trinajstić information content (AvgIpc) is 3.59. The Morgan fingerprint density at radius 1 is 1.00 bits per heavy atom. The lowest BCUT2D eigenvalue weighted by Crippen LogP contribution is -2.44. The molecular formula is C30H37N7O2. The molecule has 0 fully saturated rings. The van der Waals surface area contributed by atoms with Crippen molar-refractivity contribution in [2.24, 2.45) is 0 Å². The molecular weight excluding hydrogens is 490 g/mol. The van der Waals surface area contributed by atoms with Crippen molar-refractivity contribution < 1.29 is 4.79 Å². The van der Waals surface area contributed by atoms with Crippen molar-refractivity contribution in [1.29, 1.82) is 0 Å². The Labute approximate surface area is 228 Å². The van der Waals surface area contributed by atoms with Crippen LogP contribution < -0.4 is 5.56 Å². The summed E-state index contributed by atoms with van der Waals surface area (Å²) in [5, 5.41) is 14.4. The van der Waals surface area contributed by atoms with Gasteiger partial charge in [0.25, 0.3) is 5.56 Å². The van der Waals surface area contributed by atoms with Gasteiger partial charge in [0, 0.05) is 42.4 Å². The van der Waals surface area contributed by atoms with Gasteiger partial charge in [-0.3, -0.25) is 14.3 Å². The normalized spacial score (nSPS) is 16.7. The lowest BCUT2D eigenvalue weighted by molar-refractivity contribution is -0.136. The van der Waals surface area contributed by atoms with E-state index in [0.717, 1.165) is 52.8 Å². The zero-order valence-corrected chi connectivity index (χ0v) is 23.2. The molecule has 4 aromatic rings. The molecule has 0 saturated heterocycles. The number of hydrogen-bond donors (Lipinski definition) is 1. The van der Waals surface area contributed by atoms with Crippen LogP contribution in [-0.2, 0) is 17.6 Å². The molecule has 0 spiro atoms. The summed E-state index contributed by atoms with van der Waals surface area (Å²) in [5.74, 6) is 0.668. The molecule has 2 aromatic carbocycles. The van der Waals surface area contributed by atoms with E-state index in [1.807, 2.05) is 36.9 Å². The van der Waals surface area contributed by atoms with E-state index >= 15 is 0 Å². The van der Waals surface area contributed by atoms with Gasteiger partial charge in [-0.15, -0.1) is 5.10 Å². The minimum absolute atomic E-state index is 0.0252. The number of nitrogens with one attached hydrogen (secondary N) is 1. The Hall–Kier alpha value is -4.01. The van der Waals surface area contributed by atoms with Crippen molar-refractivity contribution in [3.05, 3.63) is 75.7 Å². The molecule has 2 unspecified atom stereocenters. The first-order valence-electron chi connectivity index (χ1n) is 14.0. The SMILES string of the molecule is CCCc1c(Cc2ccc(-c3ccccc3-c3nnn[nH]3)cc2)c(=O)n2n1C(C)CCC2C(=O)N(CC)CC. The number of benzene rings is 2. The molecule has 0 aliphatic carbocycles. The van der Waals surface area contributed by atoms with E-state index in [2.05, 4.69) is 69.5 Å². The molecule has 1 amide bonds. The van der Waals surface area contributed by atoms with Gasteiger partial charge >= 0.3 is 0 Å². The van der Waals surface area contributed by atoms with Gasteiger partial charge in [-0.05, 0) is 67.2 Å². The van der Waals surface area contributed by atoms with Crippen LogP contribution in [0.4, 0.5) is 0 Å². The van der Waals surface area contributed by atoms with Gasteiger partial charge in [0.15, 0.2) is 5.82 Å². The highest BCUT2D eigenvalue weighted by atomic mass is 16.2. The van der Waals surface area contributed by atoms with Gasteiger partial charge in [-0.25, -0.2) is 9.78 Å². The topological polar surface area (TPSA) is 102 Å². The molecule has 9 nitrogen and oxygen atoms in total. The van der Waals surface area contributed by atoms with Gasteiger partial charge < -0.3 is 4.90 Å². The minimum Gasteiger partial charge on any atom is -0.341 e. The Kier molecular flexibility index (Phi) is 7.77. The second-order valence-electron chi connectivity index (χ2n) is 10.3. The fourth-order valence-electron chi connectivity index (χ4n) is 5.92. The predicted octanol–water partition coefficient (Wildman–Crippen LogP) is 4.80. The molecule has 1 aliphatic rings. The van der Waals surface area contributed by atoms with Crippen LogP contribution in [0.25, 0.3) is 22.5 Å². The van der Waals surface area contributed by atoms with Crippen LogP contribution in [0.2, 0.25) is 0 Å². The van der Waals surface area contributed by atoms with Crippen LogP contribution >= 0.6 is 0 Å². The van der Waals surface area contributed by atoms with E-state index < -0.39 is 6.04 Å². The molecule has 1 aliphatic heterocycles. The van der Waals surface area contributed by atoms with Crippen LogP contribution in [0.3, 0.4) is 0 Å². The molecule has 5 rings (SSSR count). The van der Waals surface area contributed by atoms with Crippen LogP contribution in [-0.4, -0.2) is 53.9 Å². The summed E-state index contributed by atoms with van der Waals surface area (Å²) < 4.78 is 3.93. The van der Waals surface area contributed by atoms with Gasteiger partial charge in [0.2, 0.25) is 5.91 Å². The van der Waals surface area contributed by atoms with E-state index in [-0.39, 0.29) is 17.5 Å². The number of likely N-dealkylation sites (N-methyl/N-ethyl adjacent to an activating group) is 1. The average molecular weight is 528 g/mol. The summed E-state index contributed by atoms with van der Waals surface area (Å²) >= 11 is 0. The Morgan fingerprint density at radius 3 is 2.36 bits per heavy atom. The highest BCUT2D eigenvalue weighted by Crippen LogP contribution is 2.33. The Bertz CT molecular complexity index is 1480. The second-order valence-corrected chi connectivity index (χ2v) is 10.3. The van der Waals surface area contributed by atoms with E-state index in [1.165, 1.54) is 0 Å². The van der Waals surface area contributed by atoms with Crippen molar-refractivity contribution in [2.45, 2.75) is 71.9 Å². The summed E-state index contributed by atoms with van der Waals surface area (Å²) in [5.41, 5.74) is 5.92. The maximum absolute atomic E-state index is 14.0. The number of aromatic amines is 1. The third kappa shape index (κ3) is 4.93. The lowest BCUT2D eigenvalue weighted by atomic mass is 9.96. The first-order chi connectivity index (χ1) is 19.0. The number of fused-ring (bicyclic) bond motifs is 1. The number of aromatic nitrogens is 6. The molecule has 204 valence electrons. The fraction of sp³-hybridized carbons (Fsp3) is 0.433. The van der Waals surface area contributed by atoms with Gasteiger partial charge in [-0.2, -0.15) is 0 Å². The second kappa shape index (κ2) is 11.4. The number of carbonyl (C=O) groups excluding carboxylic acids is 1. The number of tetrazole rings is 1. The fourth-order valence-corrected chi connectivity index (χ4v) is 5.92. The van der Waals surface area contributed by atoms with Crippen molar-refractivity contribution >= 4 is 5.91 Å². The van der Waals surface area contributed by atoms with Crippen LogP contribution in [0.5, 0.6) is 0 Å². The van der Waals surface area contributed by atoms with E-state index in [4.69, 9.17) is 0 Å². The van der Waals surface area contributed by atoms with Gasteiger partial charge in [0.05, 0.1) is 0 Å². The molecule has 2 atom stereocenters. The summed E-state index contributed by atoms with van der Waals surface area (Å²) in [6, 6.07) is 16.1. The van der Waals surface area contributed by atoms with Crippen molar-refractivity contribution in [3.63, 3.8) is 0 Å². The Morgan fingerprint density at radius 2 is 1.72 bits per heavy atom. The van der Waals surface area contributed by atoms with Crippen LogP contribution in [0.1, 0.15) is 75.9 Å². The lowest BCUT2D eigenvalue weighted by Gasteiger charge is -2.34. The summed E-state index contributed by atoms with van der Waals surface area (Å²) in [7, 11) is 0. The molecule has 2 aromatic heterocycles. The zero-order valence-electron chi connectivity index (χ0n) is 23.2. The number of H-pyrrole nitrogens is 1. The number of rotatable bonds is 9. The highest BCUT2D eigenvalue weighted by Gasteiger charge is 2.36. The maximum Gasteiger partial charge on any atom is 0.271 e. The van der Waals surface area contributed by atoms with Crippen molar-refractivity contribution in [3.8, 4) is 22.5 Å². The standard InChI is InChI=1S/C30H37N7O2/c1-5-10-26-25(29(38)37-27(18-13-20(4)36(26)37)30(39)35(6-2)7-3)19-21-14-16-22(17-15-21)23-11-8-9-12-24(23)28-31-33-34-32-28/h8-9,11-12,14-17,20,27H,5-7,10,13,18-19H2,1-4H3,(H,31,32,33,34). The first-order valence-corrected chi connectivity index (χ1v) is 14.0. The molecule has 39 heavy (non-hydrogen) atoms. The van der Waals surface area contributed by atoms with Crippen molar-refractivity contribution in [2.75, 3.05) is 13.1 Å².